The minimum absolute atomic E-state index is 0.547. The molecule has 18 heavy (non-hydrogen) atoms. The number of halogens is 3. The Kier molecular flexibility index (Phi) is 4.29. The van der Waals surface area contributed by atoms with Gasteiger partial charge in [0.05, 0.1) is 5.56 Å². The second-order valence-electron chi connectivity index (χ2n) is 3.71. The van der Waals surface area contributed by atoms with Gasteiger partial charge in [0.15, 0.2) is 0 Å². The summed E-state index contributed by atoms with van der Waals surface area (Å²) >= 11 is 15.4. The molecule has 0 amide bonds. The van der Waals surface area contributed by atoms with E-state index in [-0.39, 0.29) is 0 Å². The van der Waals surface area contributed by atoms with Crippen LogP contribution in [0.5, 0.6) is 0 Å². The summed E-state index contributed by atoms with van der Waals surface area (Å²) < 4.78 is 0. The van der Waals surface area contributed by atoms with Gasteiger partial charge in [0.1, 0.15) is 6.07 Å². The van der Waals surface area contributed by atoms with Crippen molar-refractivity contribution in [3.63, 3.8) is 0 Å². The molecule has 0 unspecified atom stereocenters. The maximum absolute atomic E-state index is 9.30. The molecule has 0 aliphatic rings. The van der Waals surface area contributed by atoms with Crippen LogP contribution in [-0.4, -0.2) is 0 Å². The van der Waals surface area contributed by atoms with E-state index in [0.29, 0.717) is 20.9 Å². The van der Waals surface area contributed by atoms with Crippen LogP contribution in [0.4, 0.5) is 0 Å². The Morgan fingerprint density at radius 1 is 1.11 bits per heavy atom. The fourth-order valence-corrected chi connectivity index (χ4v) is 2.75. The van der Waals surface area contributed by atoms with Crippen LogP contribution in [0.25, 0.3) is 11.1 Å². The molecular weight excluding hydrogens is 333 g/mol. The van der Waals surface area contributed by atoms with Crippen LogP contribution in [0, 0.1) is 11.3 Å². The van der Waals surface area contributed by atoms with Crippen molar-refractivity contribution in [3.05, 3.63) is 57.6 Å². The molecule has 0 bridgehead atoms. The number of rotatable bonds is 2. The summed E-state index contributed by atoms with van der Waals surface area (Å²) in [6.45, 7) is 0. The zero-order valence-corrected chi connectivity index (χ0v) is 12.4. The molecule has 2 rings (SSSR count). The van der Waals surface area contributed by atoms with E-state index in [0.717, 1.165) is 16.7 Å². The topological polar surface area (TPSA) is 23.8 Å². The molecule has 0 atom stereocenters. The minimum atomic E-state index is 0.547. The first-order valence-corrected chi connectivity index (χ1v) is 7.08. The van der Waals surface area contributed by atoms with Crippen molar-refractivity contribution in [1.82, 2.24) is 0 Å². The second-order valence-corrected chi connectivity index (χ2v) is 5.11. The van der Waals surface area contributed by atoms with Crippen molar-refractivity contribution in [2.24, 2.45) is 0 Å². The van der Waals surface area contributed by atoms with Crippen LogP contribution in [0.1, 0.15) is 11.1 Å². The van der Waals surface area contributed by atoms with Crippen LogP contribution < -0.4 is 0 Å². The Morgan fingerprint density at radius 3 is 2.50 bits per heavy atom. The Morgan fingerprint density at radius 2 is 1.89 bits per heavy atom. The van der Waals surface area contributed by atoms with Crippen molar-refractivity contribution in [2.75, 3.05) is 0 Å². The average molecular weight is 341 g/mol. The van der Waals surface area contributed by atoms with Gasteiger partial charge in [-0.15, -0.1) is 0 Å². The lowest BCUT2D eigenvalue weighted by molar-refractivity contribution is 1.37. The molecule has 1 nitrogen and oxygen atoms in total. The summed E-state index contributed by atoms with van der Waals surface area (Å²) in [4.78, 5) is 0. The third-order valence-electron chi connectivity index (χ3n) is 2.63. The van der Waals surface area contributed by atoms with Gasteiger partial charge in [0, 0.05) is 26.5 Å². The van der Waals surface area contributed by atoms with Crippen molar-refractivity contribution in [2.45, 2.75) is 5.33 Å². The van der Waals surface area contributed by atoms with Gasteiger partial charge in [0.25, 0.3) is 0 Å². The van der Waals surface area contributed by atoms with Gasteiger partial charge in [-0.2, -0.15) is 5.26 Å². The highest BCUT2D eigenvalue weighted by atomic mass is 79.9. The molecule has 2 aromatic rings. The Labute approximate surface area is 124 Å². The number of nitriles is 1. The van der Waals surface area contributed by atoms with E-state index < -0.39 is 0 Å². The number of hydrogen-bond acceptors (Lipinski definition) is 1. The molecular formula is C14H8BrCl2N. The lowest BCUT2D eigenvalue weighted by Gasteiger charge is -2.09. The third-order valence-corrected chi connectivity index (χ3v) is 3.78. The van der Waals surface area contributed by atoms with Crippen LogP contribution in [0.2, 0.25) is 10.0 Å². The molecule has 90 valence electrons. The molecule has 0 aliphatic carbocycles. The van der Waals surface area contributed by atoms with Gasteiger partial charge in [-0.3, -0.25) is 0 Å². The smallest absolute Gasteiger partial charge is 0.100 e. The summed E-state index contributed by atoms with van der Waals surface area (Å²) in [5.74, 6) is 0. The summed E-state index contributed by atoms with van der Waals surface area (Å²) in [5, 5.41) is 11.1. The maximum atomic E-state index is 9.30. The summed E-state index contributed by atoms with van der Waals surface area (Å²) in [7, 11) is 0. The summed E-state index contributed by atoms with van der Waals surface area (Å²) in [6.07, 6.45) is 0. The molecule has 2 aromatic carbocycles. The standard InChI is InChI=1S/C14H8BrCl2N/c15-7-9-2-1-3-11(13(9)8-18)12-5-4-10(16)6-14(12)17/h1-6H,7H2. The molecule has 0 heterocycles. The average Bonchev–Trinajstić information content (AvgIpc) is 2.37. The molecule has 0 aromatic heterocycles. The number of alkyl halides is 1. The van der Waals surface area contributed by atoms with Gasteiger partial charge in [-0.25, -0.2) is 0 Å². The highest BCUT2D eigenvalue weighted by Crippen LogP contribution is 2.33. The van der Waals surface area contributed by atoms with Crippen molar-refractivity contribution in [1.29, 1.82) is 5.26 Å². The van der Waals surface area contributed by atoms with Gasteiger partial charge in [-0.05, 0) is 17.7 Å². The molecule has 0 saturated heterocycles. The molecule has 0 aliphatic heterocycles. The molecule has 0 radical (unpaired) electrons. The van der Waals surface area contributed by atoms with Crippen LogP contribution in [0.15, 0.2) is 36.4 Å². The van der Waals surface area contributed by atoms with Crippen molar-refractivity contribution < 1.29 is 0 Å². The van der Waals surface area contributed by atoms with Crippen molar-refractivity contribution >= 4 is 39.1 Å². The molecule has 4 heteroatoms. The molecule has 0 saturated carbocycles. The van der Waals surface area contributed by atoms with Gasteiger partial charge in [0.2, 0.25) is 0 Å². The lowest BCUT2D eigenvalue weighted by Crippen LogP contribution is -1.91. The number of nitrogens with zero attached hydrogens (tertiary/aromatic N) is 1. The number of hydrogen-bond donors (Lipinski definition) is 0. The first-order valence-electron chi connectivity index (χ1n) is 5.20. The predicted molar refractivity (Wildman–Crippen MR) is 79.2 cm³/mol. The first kappa shape index (κ1) is 13.4. The van der Waals surface area contributed by atoms with E-state index in [1.54, 1.807) is 12.1 Å². The fraction of sp³-hybridized carbons (Fsp3) is 0.0714. The largest absolute Gasteiger partial charge is 0.192 e. The highest BCUT2D eigenvalue weighted by Gasteiger charge is 2.11. The van der Waals surface area contributed by atoms with Crippen molar-refractivity contribution in [3.8, 4) is 17.2 Å². The monoisotopic (exact) mass is 339 g/mol. The molecule has 0 spiro atoms. The SMILES string of the molecule is N#Cc1c(CBr)cccc1-c1ccc(Cl)cc1Cl. The summed E-state index contributed by atoms with van der Waals surface area (Å²) in [5.41, 5.74) is 3.23. The van der Waals surface area contributed by atoms with Crippen LogP contribution in [-0.2, 0) is 5.33 Å². The Bertz CT molecular complexity index is 632. The third kappa shape index (κ3) is 2.54. The normalized spacial score (nSPS) is 10.1. The Hall–Kier alpha value is -1.01. The second kappa shape index (κ2) is 5.75. The minimum Gasteiger partial charge on any atom is -0.192 e. The van der Waals surface area contributed by atoms with Crippen LogP contribution in [0.3, 0.4) is 0 Å². The lowest BCUT2D eigenvalue weighted by atomic mass is 9.97. The van der Waals surface area contributed by atoms with E-state index in [1.807, 2.05) is 24.3 Å². The van der Waals surface area contributed by atoms with Crippen LogP contribution >= 0.6 is 39.1 Å². The highest BCUT2D eigenvalue weighted by molar-refractivity contribution is 9.08. The fourth-order valence-electron chi connectivity index (χ4n) is 1.78. The Balaban J connectivity index is 2.68. The van der Waals surface area contributed by atoms with E-state index >= 15 is 0 Å². The molecule has 0 N–H and O–H groups in total. The summed E-state index contributed by atoms with van der Waals surface area (Å²) in [6, 6.07) is 13.2. The van der Waals surface area contributed by atoms with Gasteiger partial charge < -0.3 is 0 Å². The van der Waals surface area contributed by atoms with Gasteiger partial charge in [-0.1, -0.05) is 63.4 Å². The predicted octanol–water partition coefficient (Wildman–Crippen LogP) is 5.43. The zero-order chi connectivity index (χ0) is 13.1. The quantitative estimate of drug-likeness (QED) is 0.669. The van der Waals surface area contributed by atoms with E-state index in [4.69, 9.17) is 23.2 Å². The van der Waals surface area contributed by atoms with E-state index in [9.17, 15) is 5.26 Å². The van der Waals surface area contributed by atoms with E-state index in [1.165, 1.54) is 0 Å². The molecule has 0 fully saturated rings. The first-order chi connectivity index (χ1) is 8.67. The zero-order valence-electron chi connectivity index (χ0n) is 9.25. The number of benzene rings is 2. The van der Waals surface area contributed by atoms with E-state index in [2.05, 4.69) is 22.0 Å². The maximum Gasteiger partial charge on any atom is 0.100 e. The van der Waals surface area contributed by atoms with Gasteiger partial charge >= 0.3 is 0 Å².